The topological polar surface area (TPSA) is 105 Å². The first-order valence-electron chi connectivity index (χ1n) is 13.3. The van der Waals surface area contributed by atoms with Gasteiger partial charge in [0.1, 0.15) is 11.2 Å². The van der Waals surface area contributed by atoms with Crippen molar-refractivity contribution in [1.82, 2.24) is 20.0 Å². The van der Waals surface area contributed by atoms with Gasteiger partial charge in [0, 0.05) is 41.5 Å². The number of nitrogens with zero attached hydrogens (tertiary/aromatic N) is 3. The van der Waals surface area contributed by atoms with Crippen LogP contribution in [0.15, 0.2) is 65.4 Å². The molecule has 2 aromatic carbocycles. The summed E-state index contributed by atoms with van der Waals surface area (Å²) in [5.74, 6) is -0.459. The Hall–Kier alpha value is -3.57. The maximum Gasteiger partial charge on any atom is 0.251 e. The van der Waals surface area contributed by atoms with Gasteiger partial charge in [0.25, 0.3) is 5.91 Å². The number of anilines is 1. The van der Waals surface area contributed by atoms with Gasteiger partial charge in [-0.3, -0.25) is 18.8 Å². The standard InChI is InChI=1S/C31H30BrCl2N5O4.ClH/c1-18(2)36-31(42)21-10-7-20(8-11-21)9-14-26(40)35-16-27(41)38(4)24-13-12-23(33)22(28(24)34)17-43-25-6-5-15-39-29(32)19(3)37-30(25)39;/h5-15,18H,16-17H2,1-4H3,(H,35,40)(H,36,42);1H. The lowest BCUT2D eigenvalue weighted by molar-refractivity contribution is -0.122. The average molecular weight is 724 g/mol. The van der Waals surface area contributed by atoms with Gasteiger partial charge in [-0.15, -0.1) is 12.4 Å². The Bertz CT molecular complexity index is 1710. The molecule has 4 rings (SSSR count). The zero-order valence-corrected chi connectivity index (χ0v) is 28.3. The quantitative estimate of drug-likeness (QED) is 0.179. The Morgan fingerprint density at radius 1 is 1.11 bits per heavy atom. The number of aryl methyl sites for hydroxylation is 1. The van der Waals surface area contributed by atoms with Crippen LogP contribution in [0.1, 0.15) is 41.0 Å². The summed E-state index contributed by atoms with van der Waals surface area (Å²) < 4.78 is 8.74. The molecule has 9 nitrogen and oxygen atoms in total. The van der Waals surface area contributed by atoms with E-state index in [2.05, 4.69) is 31.5 Å². The number of ether oxygens (including phenoxy) is 1. The molecule has 0 radical (unpaired) electrons. The van der Waals surface area contributed by atoms with E-state index in [4.69, 9.17) is 27.9 Å². The van der Waals surface area contributed by atoms with E-state index in [1.165, 1.54) is 11.0 Å². The van der Waals surface area contributed by atoms with Gasteiger partial charge in [-0.05, 0) is 84.7 Å². The van der Waals surface area contributed by atoms with Crippen LogP contribution in [-0.4, -0.2) is 46.7 Å². The van der Waals surface area contributed by atoms with E-state index < -0.39 is 5.91 Å². The third-order valence-corrected chi connectivity index (χ3v) is 8.15. The van der Waals surface area contributed by atoms with Gasteiger partial charge in [-0.2, -0.15) is 0 Å². The number of rotatable bonds is 10. The molecule has 2 N–H and O–H groups in total. The molecule has 0 aliphatic rings. The minimum absolute atomic E-state index is 0. The second-order valence-corrected chi connectivity index (χ2v) is 11.5. The number of imidazole rings is 1. The van der Waals surface area contributed by atoms with Crippen LogP contribution in [0, 0.1) is 6.92 Å². The SMILES string of the molecule is Cc1nc2c(OCc3c(Cl)ccc(N(C)C(=O)CNC(=O)C=Cc4ccc(C(=O)NC(C)C)cc4)c3Cl)cccn2c1Br.Cl. The van der Waals surface area contributed by atoms with Gasteiger partial charge in [-0.25, -0.2) is 4.98 Å². The molecule has 3 amide bonds. The lowest BCUT2D eigenvalue weighted by atomic mass is 10.1. The largest absolute Gasteiger partial charge is 0.485 e. The summed E-state index contributed by atoms with van der Waals surface area (Å²) in [5, 5.41) is 6.05. The smallest absolute Gasteiger partial charge is 0.251 e. The lowest BCUT2D eigenvalue weighted by Gasteiger charge is -2.21. The summed E-state index contributed by atoms with van der Waals surface area (Å²) in [6.45, 7) is 5.45. The summed E-state index contributed by atoms with van der Waals surface area (Å²) in [5.41, 5.74) is 3.63. The molecule has 44 heavy (non-hydrogen) atoms. The second-order valence-electron chi connectivity index (χ2n) is 9.96. The number of halogens is 4. The van der Waals surface area contributed by atoms with Crippen molar-refractivity contribution >= 4 is 86.7 Å². The highest BCUT2D eigenvalue weighted by atomic mass is 79.9. The Morgan fingerprint density at radius 3 is 2.50 bits per heavy atom. The Labute approximate surface area is 280 Å². The van der Waals surface area contributed by atoms with Crippen molar-refractivity contribution < 1.29 is 19.1 Å². The van der Waals surface area contributed by atoms with Crippen LogP contribution in [0.25, 0.3) is 11.7 Å². The molecule has 0 aliphatic heterocycles. The summed E-state index contributed by atoms with van der Waals surface area (Å²) in [6.07, 6.45) is 4.79. The van der Waals surface area contributed by atoms with Crippen molar-refractivity contribution in [2.45, 2.75) is 33.4 Å². The average Bonchev–Trinajstić information content (AvgIpc) is 3.27. The van der Waals surface area contributed by atoms with Gasteiger partial charge in [0.15, 0.2) is 11.4 Å². The van der Waals surface area contributed by atoms with Crippen LogP contribution in [0.5, 0.6) is 5.75 Å². The van der Waals surface area contributed by atoms with Crippen LogP contribution in [0.4, 0.5) is 5.69 Å². The molecule has 0 saturated carbocycles. The van der Waals surface area contributed by atoms with Crippen LogP contribution >= 0.6 is 51.5 Å². The molecule has 0 bridgehead atoms. The van der Waals surface area contributed by atoms with Crippen LogP contribution in [0.2, 0.25) is 10.0 Å². The van der Waals surface area contributed by atoms with Crippen LogP contribution in [0.3, 0.4) is 0 Å². The number of nitrogens with one attached hydrogen (secondary N) is 2. The number of hydrogen-bond donors (Lipinski definition) is 2. The van der Waals surface area contributed by atoms with Crippen LogP contribution in [-0.2, 0) is 16.2 Å². The maximum atomic E-state index is 12.9. The monoisotopic (exact) mass is 721 g/mol. The normalized spacial score (nSPS) is 11.0. The summed E-state index contributed by atoms with van der Waals surface area (Å²) >= 11 is 16.7. The molecule has 13 heteroatoms. The fourth-order valence-electron chi connectivity index (χ4n) is 4.10. The van der Waals surface area contributed by atoms with E-state index in [1.54, 1.807) is 55.6 Å². The highest BCUT2D eigenvalue weighted by Gasteiger charge is 2.20. The lowest BCUT2D eigenvalue weighted by Crippen LogP contribution is -2.37. The number of fused-ring (bicyclic) bond motifs is 1. The second kappa shape index (κ2) is 15.4. The Kier molecular flexibility index (Phi) is 12.2. The third-order valence-electron chi connectivity index (χ3n) is 6.42. The minimum atomic E-state index is -0.449. The molecule has 0 aliphatic carbocycles. The van der Waals surface area contributed by atoms with E-state index in [1.807, 2.05) is 37.4 Å². The van der Waals surface area contributed by atoms with Crippen molar-refractivity contribution in [1.29, 1.82) is 0 Å². The van der Waals surface area contributed by atoms with Crippen molar-refractivity contribution in [2.24, 2.45) is 0 Å². The number of likely N-dealkylation sites (N-methyl/N-ethyl adjacent to an activating group) is 1. The number of aromatic nitrogens is 2. The zero-order valence-electron chi connectivity index (χ0n) is 24.4. The molecule has 4 aromatic rings. The molecule has 2 aromatic heterocycles. The van der Waals surface area contributed by atoms with E-state index in [-0.39, 0.29) is 48.4 Å². The molecule has 0 fully saturated rings. The molecule has 0 saturated heterocycles. The number of benzene rings is 2. The minimum Gasteiger partial charge on any atom is -0.485 e. The Balaban J connectivity index is 0.00000529. The summed E-state index contributed by atoms with van der Waals surface area (Å²) in [6, 6.07) is 13.8. The molecule has 0 atom stereocenters. The fourth-order valence-corrected chi connectivity index (χ4v) is 5.09. The predicted molar refractivity (Wildman–Crippen MR) is 180 cm³/mol. The third kappa shape index (κ3) is 8.32. The summed E-state index contributed by atoms with van der Waals surface area (Å²) in [7, 11) is 1.56. The van der Waals surface area contributed by atoms with Crippen molar-refractivity contribution in [3.8, 4) is 5.75 Å². The first kappa shape index (κ1) is 34.9. The Morgan fingerprint density at radius 2 is 1.82 bits per heavy atom. The number of carbonyl (C=O) groups is 3. The van der Waals surface area contributed by atoms with Gasteiger partial charge in [0.05, 0.1) is 22.9 Å². The van der Waals surface area contributed by atoms with E-state index >= 15 is 0 Å². The van der Waals surface area contributed by atoms with E-state index in [9.17, 15) is 14.4 Å². The molecular weight excluding hydrogens is 693 g/mol. The first-order chi connectivity index (χ1) is 20.5. The molecule has 232 valence electrons. The predicted octanol–water partition coefficient (Wildman–Crippen LogP) is 6.64. The van der Waals surface area contributed by atoms with Crippen molar-refractivity contribution in [2.75, 3.05) is 18.5 Å². The van der Waals surface area contributed by atoms with Gasteiger partial charge >= 0.3 is 0 Å². The van der Waals surface area contributed by atoms with Gasteiger partial charge in [-0.1, -0.05) is 35.3 Å². The first-order valence-corrected chi connectivity index (χ1v) is 14.9. The van der Waals surface area contributed by atoms with Crippen LogP contribution < -0.4 is 20.3 Å². The van der Waals surface area contributed by atoms with Crippen molar-refractivity contribution in [3.63, 3.8) is 0 Å². The van der Waals surface area contributed by atoms with Crippen molar-refractivity contribution in [3.05, 3.63) is 97.8 Å². The number of pyridine rings is 1. The van der Waals surface area contributed by atoms with Gasteiger partial charge in [0.2, 0.25) is 11.8 Å². The fraction of sp³-hybridized carbons (Fsp3) is 0.226. The van der Waals surface area contributed by atoms with E-state index in [0.29, 0.717) is 33.2 Å². The maximum absolute atomic E-state index is 12.9. The molecule has 0 spiro atoms. The highest BCUT2D eigenvalue weighted by molar-refractivity contribution is 9.10. The van der Waals surface area contributed by atoms with E-state index in [0.717, 1.165) is 15.9 Å². The van der Waals surface area contributed by atoms with Gasteiger partial charge < -0.3 is 20.3 Å². The number of carbonyl (C=O) groups excluding carboxylic acids is 3. The highest BCUT2D eigenvalue weighted by Crippen LogP contribution is 2.35. The number of amides is 3. The number of hydrogen-bond acceptors (Lipinski definition) is 5. The molecule has 0 unspecified atom stereocenters. The molecule has 2 heterocycles. The molecular formula is C31H31BrCl3N5O4. The zero-order chi connectivity index (χ0) is 31.3. The summed E-state index contributed by atoms with van der Waals surface area (Å²) in [4.78, 5) is 43.3.